The van der Waals surface area contributed by atoms with Crippen LogP contribution in [0.2, 0.25) is 0 Å². The van der Waals surface area contributed by atoms with Gasteiger partial charge < -0.3 is 4.74 Å². The van der Waals surface area contributed by atoms with Gasteiger partial charge in [0.15, 0.2) is 0 Å². The first-order valence-electron chi connectivity index (χ1n) is 9.97. The van der Waals surface area contributed by atoms with Crippen LogP contribution in [0.15, 0.2) is 77.9 Å². The zero-order valence-electron chi connectivity index (χ0n) is 17.7. The minimum absolute atomic E-state index is 0.336. The molecule has 1 amide bonds. The Morgan fingerprint density at radius 1 is 1.03 bits per heavy atom. The van der Waals surface area contributed by atoms with Crippen LogP contribution in [0, 0.1) is 18.3 Å². The summed E-state index contributed by atoms with van der Waals surface area (Å²) in [6.07, 6.45) is 1.53. The quantitative estimate of drug-likeness (QED) is 0.369. The number of fused-ring (bicyclic) bond motifs is 1. The molecule has 0 spiro atoms. The highest BCUT2D eigenvalue weighted by atomic mass is 16.5. The average Bonchev–Trinajstić information content (AvgIpc) is 2.83. The number of nitriles is 1. The number of aryl methyl sites for hydroxylation is 1. The van der Waals surface area contributed by atoms with Crippen LogP contribution in [-0.2, 0) is 0 Å². The van der Waals surface area contributed by atoms with Crippen LogP contribution in [0.3, 0.4) is 0 Å². The first kappa shape index (κ1) is 20.8. The number of amides is 1. The van der Waals surface area contributed by atoms with Crippen LogP contribution in [0.1, 0.15) is 27.2 Å². The zero-order chi connectivity index (χ0) is 22.5. The molecular weight excluding hydrogens is 400 g/mol. The van der Waals surface area contributed by atoms with E-state index >= 15 is 0 Å². The number of hydrazone groups is 1. The number of hydrogen-bond donors (Lipinski definition) is 1. The third-order valence-corrected chi connectivity index (χ3v) is 5.09. The lowest BCUT2D eigenvalue weighted by atomic mass is 10.0. The van der Waals surface area contributed by atoms with Gasteiger partial charge in [0, 0.05) is 5.56 Å². The number of methoxy groups -OCH3 is 1. The van der Waals surface area contributed by atoms with Gasteiger partial charge in [0.05, 0.1) is 41.9 Å². The smallest absolute Gasteiger partial charge is 0.273 e. The first-order valence-corrected chi connectivity index (χ1v) is 9.97. The Balaban J connectivity index is 1.49. The molecule has 156 valence electrons. The number of pyridine rings is 1. The molecule has 0 aliphatic carbocycles. The van der Waals surface area contributed by atoms with Crippen LogP contribution in [0.25, 0.3) is 22.0 Å². The van der Waals surface area contributed by atoms with E-state index in [0.717, 1.165) is 33.3 Å². The monoisotopic (exact) mass is 420 g/mol. The van der Waals surface area contributed by atoms with Crippen LogP contribution < -0.4 is 10.2 Å². The minimum Gasteiger partial charge on any atom is -0.497 e. The van der Waals surface area contributed by atoms with Crippen molar-refractivity contribution in [1.82, 2.24) is 10.4 Å². The van der Waals surface area contributed by atoms with Crippen molar-refractivity contribution in [2.75, 3.05) is 7.11 Å². The maximum absolute atomic E-state index is 12.5. The molecule has 1 aromatic heterocycles. The van der Waals surface area contributed by atoms with Crippen molar-refractivity contribution in [2.24, 2.45) is 5.10 Å². The summed E-state index contributed by atoms with van der Waals surface area (Å²) in [4.78, 5) is 17.1. The topological polar surface area (TPSA) is 87.4 Å². The number of rotatable bonds is 5. The molecule has 0 aliphatic heterocycles. The number of aromatic nitrogens is 1. The van der Waals surface area contributed by atoms with Gasteiger partial charge in [0.1, 0.15) is 5.75 Å². The lowest BCUT2D eigenvalue weighted by Gasteiger charge is -2.08. The SMILES string of the molecule is COc1ccc2cc(-c3ccc(C(=O)N/N=C/c4ccc(C#N)cc4)c(C)n3)ccc2c1. The summed E-state index contributed by atoms with van der Waals surface area (Å²) >= 11 is 0. The van der Waals surface area contributed by atoms with Crippen LogP contribution >= 0.6 is 0 Å². The average molecular weight is 420 g/mol. The summed E-state index contributed by atoms with van der Waals surface area (Å²) in [6, 6.07) is 24.6. The molecule has 4 aromatic rings. The molecule has 6 nitrogen and oxygen atoms in total. The van der Waals surface area contributed by atoms with Crippen LogP contribution in [0.4, 0.5) is 0 Å². The number of nitrogens with zero attached hydrogens (tertiary/aromatic N) is 3. The maximum Gasteiger partial charge on any atom is 0.273 e. The van der Waals surface area contributed by atoms with E-state index in [1.165, 1.54) is 6.21 Å². The van der Waals surface area contributed by atoms with Gasteiger partial charge in [0.25, 0.3) is 5.91 Å². The molecule has 1 N–H and O–H groups in total. The van der Waals surface area contributed by atoms with E-state index < -0.39 is 0 Å². The Bertz CT molecular complexity index is 1370. The Morgan fingerprint density at radius 3 is 2.50 bits per heavy atom. The minimum atomic E-state index is -0.336. The van der Waals surface area contributed by atoms with E-state index in [2.05, 4.69) is 27.6 Å². The lowest BCUT2D eigenvalue weighted by molar-refractivity contribution is 0.0954. The van der Waals surface area contributed by atoms with Crippen molar-refractivity contribution < 1.29 is 9.53 Å². The standard InChI is InChI=1S/C26H20N4O2/c1-17-24(26(31)30-28-16-19-5-3-18(15-27)4-6-19)11-12-25(29-17)22-8-7-21-14-23(32-2)10-9-20(21)13-22/h3-14,16H,1-2H3,(H,30,31)/b28-16+. The summed E-state index contributed by atoms with van der Waals surface area (Å²) in [6.45, 7) is 1.80. The molecule has 0 saturated heterocycles. The second-order valence-electron chi connectivity index (χ2n) is 7.19. The number of benzene rings is 3. The molecule has 0 fully saturated rings. The van der Waals surface area contributed by atoms with Gasteiger partial charge in [-0.15, -0.1) is 0 Å². The van der Waals surface area contributed by atoms with E-state index in [1.807, 2.05) is 36.4 Å². The van der Waals surface area contributed by atoms with Crippen molar-refractivity contribution in [2.45, 2.75) is 6.92 Å². The lowest BCUT2D eigenvalue weighted by Crippen LogP contribution is -2.19. The Kier molecular flexibility index (Phi) is 5.91. The fraction of sp³-hybridized carbons (Fsp3) is 0.0769. The van der Waals surface area contributed by atoms with E-state index in [1.54, 1.807) is 44.4 Å². The molecule has 6 heteroatoms. The Hall–Kier alpha value is -4.50. The first-order chi connectivity index (χ1) is 15.6. The largest absolute Gasteiger partial charge is 0.497 e. The second-order valence-corrected chi connectivity index (χ2v) is 7.19. The molecule has 1 heterocycles. The molecule has 0 bridgehead atoms. The predicted octanol–water partition coefficient (Wildman–Crippen LogP) is 4.85. The third-order valence-electron chi connectivity index (χ3n) is 5.09. The highest BCUT2D eigenvalue weighted by Gasteiger charge is 2.11. The fourth-order valence-corrected chi connectivity index (χ4v) is 3.34. The molecule has 4 rings (SSSR count). The summed E-state index contributed by atoms with van der Waals surface area (Å²) in [5.74, 6) is 0.480. The van der Waals surface area contributed by atoms with E-state index in [4.69, 9.17) is 10.00 Å². The predicted molar refractivity (Wildman–Crippen MR) is 125 cm³/mol. The normalized spacial score (nSPS) is 10.8. The third kappa shape index (κ3) is 4.47. The highest BCUT2D eigenvalue weighted by molar-refractivity contribution is 5.96. The van der Waals surface area contributed by atoms with Gasteiger partial charge >= 0.3 is 0 Å². The number of hydrogen-bond acceptors (Lipinski definition) is 5. The molecule has 3 aromatic carbocycles. The van der Waals surface area contributed by atoms with Crippen molar-refractivity contribution in [3.05, 3.63) is 95.2 Å². The van der Waals surface area contributed by atoms with Crippen molar-refractivity contribution in [1.29, 1.82) is 5.26 Å². The summed E-state index contributed by atoms with van der Waals surface area (Å²) in [7, 11) is 1.65. The molecular formula is C26H20N4O2. The van der Waals surface area contributed by atoms with Crippen molar-refractivity contribution in [3.8, 4) is 23.1 Å². The Labute approximate surface area is 185 Å². The maximum atomic E-state index is 12.5. The summed E-state index contributed by atoms with van der Waals surface area (Å²) in [5, 5.41) is 15.0. The van der Waals surface area contributed by atoms with Gasteiger partial charge in [0.2, 0.25) is 0 Å². The van der Waals surface area contributed by atoms with E-state index in [0.29, 0.717) is 16.8 Å². The van der Waals surface area contributed by atoms with Crippen LogP contribution in [0.5, 0.6) is 5.75 Å². The summed E-state index contributed by atoms with van der Waals surface area (Å²) in [5.41, 5.74) is 6.70. The number of carbonyl (C=O) groups excluding carboxylic acids is 1. The second kappa shape index (κ2) is 9.11. The van der Waals surface area contributed by atoms with Gasteiger partial charge in [-0.1, -0.05) is 30.3 Å². The number of ether oxygens (including phenoxy) is 1. The molecule has 0 unspecified atom stereocenters. The van der Waals surface area contributed by atoms with Gasteiger partial charge in [-0.25, -0.2) is 5.43 Å². The molecule has 32 heavy (non-hydrogen) atoms. The Morgan fingerprint density at radius 2 is 1.78 bits per heavy atom. The van der Waals surface area contributed by atoms with Gasteiger partial charge in [-0.3, -0.25) is 9.78 Å². The van der Waals surface area contributed by atoms with Crippen molar-refractivity contribution in [3.63, 3.8) is 0 Å². The molecule has 0 atom stereocenters. The van der Waals surface area contributed by atoms with Crippen LogP contribution in [-0.4, -0.2) is 24.2 Å². The van der Waals surface area contributed by atoms with E-state index in [9.17, 15) is 4.79 Å². The molecule has 0 radical (unpaired) electrons. The fourth-order valence-electron chi connectivity index (χ4n) is 3.34. The molecule has 0 saturated carbocycles. The number of nitrogens with one attached hydrogen (secondary N) is 1. The zero-order valence-corrected chi connectivity index (χ0v) is 17.7. The molecule has 0 aliphatic rings. The number of carbonyl (C=O) groups is 1. The summed E-state index contributed by atoms with van der Waals surface area (Å²) < 4.78 is 5.28. The van der Waals surface area contributed by atoms with Gasteiger partial charge in [-0.2, -0.15) is 10.4 Å². The highest BCUT2D eigenvalue weighted by Crippen LogP contribution is 2.26. The van der Waals surface area contributed by atoms with Gasteiger partial charge in [-0.05, 0) is 65.7 Å². The van der Waals surface area contributed by atoms with Crippen molar-refractivity contribution >= 4 is 22.9 Å². The van der Waals surface area contributed by atoms with E-state index in [-0.39, 0.29) is 5.91 Å².